The Kier molecular flexibility index (Phi) is 8.18. The minimum atomic E-state index is -0.336. The molecular weight excluding hydrogens is 330 g/mol. The maximum absolute atomic E-state index is 12.2. The minimum Gasteiger partial charge on any atom is -0.378 e. The molecule has 24 heavy (non-hydrogen) atoms. The van der Waals surface area contributed by atoms with Crippen molar-refractivity contribution < 1.29 is 14.3 Å². The van der Waals surface area contributed by atoms with E-state index in [2.05, 4.69) is 16.0 Å². The Hall–Kier alpha value is -1.63. The molecular formula is C17H26ClN3O3. The van der Waals surface area contributed by atoms with Gasteiger partial charge in [-0.1, -0.05) is 13.8 Å². The smallest absolute Gasteiger partial charge is 0.251 e. The van der Waals surface area contributed by atoms with Crippen LogP contribution in [0.1, 0.15) is 29.8 Å². The van der Waals surface area contributed by atoms with Crippen LogP contribution < -0.4 is 16.0 Å². The Morgan fingerprint density at radius 3 is 2.71 bits per heavy atom. The molecule has 1 aromatic carbocycles. The van der Waals surface area contributed by atoms with Crippen molar-refractivity contribution in [3.05, 3.63) is 29.3 Å². The highest BCUT2D eigenvalue weighted by atomic mass is 35.5. The molecule has 7 heteroatoms. The fourth-order valence-electron chi connectivity index (χ4n) is 2.30. The van der Waals surface area contributed by atoms with Gasteiger partial charge < -0.3 is 20.7 Å². The molecule has 2 amide bonds. The highest BCUT2D eigenvalue weighted by Gasteiger charge is 2.21. The van der Waals surface area contributed by atoms with Crippen molar-refractivity contribution in [2.75, 3.05) is 31.6 Å². The molecule has 3 N–H and O–H groups in total. The van der Waals surface area contributed by atoms with Crippen LogP contribution in [0, 0.1) is 12.8 Å². The van der Waals surface area contributed by atoms with Crippen molar-refractivity contribution in [1.82, 2.24) is 10.6 Å². The molecule has 2 rings (SSSR count). The monoisotopic (exact) mass is 355 g/mol. The second kappa shape index (κ2) is 9.61. The Bertz CT molecular complexity index is 572. The number of carbonyl (C=O) groups is 2. The number of hydrogen-bond donors (Lipinski definition) is 3. The zero-order valence-corrected chi connectivity index (χ0v) is 15.2. The average molecular weight is 356 g/mol. The summed E-state index contributed by atoms with van der Waals surface area (Å²) in [5, 5.41) is 8.88. The Labute approximate surface area is 149 Å². The predicted octanol–water partition coefficient (Wildman–Crippen LogP) is 1.73. The van der Waals surface area contributed by atoms with Gasteiger partial charge in [0.1, 0.15) is 6.04 Å². The number of aryl methyl sites for hydroxylation is 1. The Morgan fingerprint density at radius 2 is 2.12 bits per heavy atom. The molecule has 0 aromatic heterocycles. The van der Waals surface area contributed by atoms with E-state index < -0.39 is 0 Å². The Morgan fingerprint density at radius 1 is 1.38 bits per heavy atom. The van der Waals surface area contributed by atoms with Gasteiger partial charge in [0, 0.05) is 24.3 Å². The molecule has 1 atom stereocenters. The molecule has 1 aliphatic heterocycles. The lowest BCUT2D eigenvalue weighted by atomic mass is 10.1. The highest BCUT2D eigenvalue weighted by Crippen LogP contribution is 2.17. The third-order valence-corrected chi connectivity index (χ3v) is 3.66. The summed E-state index contributed by atoms with van der Waals surface area (Å²) in [6, 6.07) is 4.94. The summed E-state index contributed by atoms with van der Waals surface area (Å²) in [5.74, 6) is 0.190. The van der Waals surface area contributed by atoms with Crippen LogP contribution in [-0.2, 0) is 9.53 Å². The molecule has 0 spiro atoms. The number of nitrogens with one attached hydrogen (secondary N) is 3. The average Bonchev–Trinajstić information content (AvgIpc) is 2.55. The Balaban J connectivity index is 0.00000288. The minimum absolute atomic E-state index is 0. The van der Waals surface area contributed by atoms with Crippen LogP contribution in [0.4, 0.5) is 5.69 Å². The normalized spacial score (nSPS) is 17.1. The van der Waals surface area contributed by atoms with E-state index in [4.69, 9.17) is 4.74 Å². The van der Waals surface area contributed by atoms with Crippen LogP contribution in [0.5, 0.6) is 0 Å². The van der Waals surface area contributed by atoms with E-state index >= 15 is 0 Å². The van der Waals surface area contributed by atoms with Gasteiger partial charge in [-0.15, -0.1) is 12.4 Å². The third kappa shape index (κ3) is 5.78. The van der Waals surface area contributed by atoms with E-state index in [0.29, 0.717) is 43.5 Å². The number of benzene rings is 1. The SMILES string of the molecule is Cc1cc(C(=O)NCC(C)C)ccc1NC(=O)C1COCCN1.Cl. The molecule has 1 aromatic rings. The molecule has 1 unspecified atom stereocenters. The zero-order valence-electron chi connectivity index (χ0n) is 14.3. The lowest BCUT2D eigenvalue weighted by Gasteiger charge is -2.23. The topological polar surface area (TPSA) is 79.5 Å². The number of halogens is 1. The van der Waals surface area contributed by atoms with Crippen molar-refractivity contribution in [3.8, 4) is 0 Å². The summed E-state index contributed by atoms with van der Waals surface area (Å²) in [4.78, 5) is 24.2. The fraction of sp³-hybridized carbons (Fsp3) is 0.529. The first-order valence-electron chi connectivity index (χ1n) is 7.98. The van der Waals surface area contributed by atoms with Gasteiger partial charge in [0.15, 0.2) is 0 Å². The number of ether oxygens (including phenoxy) is 1. The van der Waals surface area contributed by atoms with Crippen LogP contribution in [0.3, 0.4) is 0 Å². The van der Waals surface area contributed by atoms with Crippen molar-refractivity contribution in [3.63, 3.8) is 0 Å². The summed E-state index contributed by atoms with van der Waals surface area (Å²) < 4.78 is 5.29. The van der Waals surface area contributed by atoms with Gasteiger partial charge in [-0.05, 0) is 36.6 Å². The molecule has 0 radical (unpaired) electrons. The summed E-state index contributed by atoms with van der Waals surface area (Å²) in [7, 11) is 0. The summed E-state index contributed by atoms with van der Waals surface area (Å²) in [5.41, 5.74) is 2.16. The van der Waals surface area contributed by atoms with Crippen LogP contribution >= 0.6 is 12.4 Å². The van der Waals surface area contributed by atoms with Gasteiger partial charge in [0.2, 0.25) is 5.91 Å². The maximum atomic E-state index is 12.2. The van der Waals surface area contributed by atoms with Crippen LogP contribution in [0.25, 0.3) is 0 Å². The first kappa shape index (κ1) is 20.4. The van der Waals surface area contributed by atoms with Gasteiger partial charge in [-0.3, -0.25) is 9.59 Å². The fourth-order valence-corrected chi connectivity index (χ4v) is 2.30. The predicted molar refractivity (Wildman–Crippen MR) is 96.8 cm³/mol. The van der Waals surface area contributed by atoms with Crippen molar-refractivity contribution in [2.24, 2.45) is 5.92 Å². The first-order chi connectivity index (χ1) is 11.0. The molecule has 1 aliphatic rings. The standard InChI is InChI=1S/C17H25N3O3.ClH/c1-11(2)9-19-16(21)13-4-5-14(12(3)8-13)20-17(22)15-10-23-7-6-18-15;/h4-5,8,11,15,18H,6-7,9-10H2,1-3H3,(H,19,21)(H,20,22);1H. The molecule has 134 valence electrons. The van der Waals surface area contributed by atoms with Gasteiger partial charge in [-0.2, -0.15) is 0 Å². The molecule has 0 saturated carbocycles. The van der Waals surface area contributed by atoms with Crippen LogP contribution in [0.2, 0.25) is 0 Å². The van der Waals surface area contributed by atoms with E-state index in [-0.39, 0.29) is 30.3 Å². The lowest BCUT2D eigenvalue weighted by Crippen LogP contribution is -2.48. The third-order valence-electron chi connectivity index (χ3n) is 3.66. The first-order valence-corrected chi connectivity index (χ1v) is 7.98. The van der Waals surface area contributed by atoms with Gasteiger partial charge >= 0.3 is 0 Å². The second-order valence-electron chi connectivity index (χ2n) is 6.20. The summed E-state index contributed by atoms with van der Waals surface area (Å²) >= 11 is 0. The van der Waals surface area contributed by atoms with E-state index in [9.17, 15) is 9.59 Å². The number of hydrogen-bond acceptors (Lipinski definition) is 4. The summed E-state index contributed by atoms with van der Waals surface area (Å²) in [6.07, 6.45) is 0. The largest absolute Gasteiger partial charge is 0.378 e. The lowest BCUT2D eigenvalue weighted by molar-refractivity contribution is -0.120. The van der Waals surface area contributed by atoms with E-state index in [1.807, 2.05) is 20.8 Å². The number of rotatable bonds is 5. The summed E-state index contributed by atoms with van der Waals surface area (Å²) in [6.45, 7) is 8.29. The van der Waals surface area contributed by atoms with Gasteiger partial charge in [-0.25, -0.2) is 0 Å². The number of amides is 2. The van der Waals surface area contributed by atoms with E-state index in [0.717, 1.165) is 5.56 Å². The second-order valence-corrected chi connectivity index (χ2v) is 6.20. The van der Waals surface area contributed by atoms with Gasteiger partial charge in [0.25, 0.3) is 5.91 Å². The zero-order chi connectivity index (χ0) is 16.8. The highest BCUT2D eigenvalue weighted by molar-refractivity contribution is 5.98. The number of morpholine rings is 1. The van der Waals surface area contributed by atoms with E-state index in [1.165, 1.54) is 0 Å². The van der Waals surface area contributed by atoms with Crippen molar-refractivity contribution >= 4 is 29.9 Å². The number of anilines is 1. The van der Waals surface area contributed by atoms with Gasteiger partial charge in [0.05, 0.1) is 13.2 Å². The maximum Gasteiger partial charge on any atom is 0.251 e. The number of carbonyl (C=O) groups excluding carboxylic acids is 2. The van der Waals surface area contributed by atoms with Crippen LogP contribution in [0.15, 0.2) is 18.2 Å². The van der Waals surface area contributed by atoms with Crippen molar-refractivity contribution in [2.45, 2.75) is 26.8 Å². The molecule has 0 bridgehead atoms. The van der Waals surface area contributed by atoms with Crippen LogP contribution in [-0.4, -0.2) is 44.2 Å². The van der Waals surface area contributed by atoms with Crippen molar-refractivity contribution in [1.29, 1.82) is 0 Å². The molecule has 1 fully saturated rings. The molecule has 1 heterocycles. The van der Waals surface area contributed by atoms with E-state index in [1.54, 1.807) is 18.2 Å². The molecule has 1 saturated heterocycles. The molecule has 0 aliphatic carbocycles. The molecule has 6 nitrogen and oxygen atoms in total. The quantitative estimate of drug-likeness (QED) is 0.751.